The third kappa shape index (κ3) is 6.42. The van der Waals surface area contributed by atoms with Crippen LogP contribution in [0.15, 0.2) is 23.2 Å². The fourth-order valence-corrected chi connectivity index (χ4v) is 3.63. The van der Waals surface area contributed by atoms with Crippen molar-refractivity contribution in [2.75, 3.05) is 20.7 Å². The van der Waals surface area contributed by atoms with E-state index in [-0.39, 0.29) is 24.0 Å². The van der Waals surface area contributed by atoms with E-state index in [1.165, 1.54) is 21.1 Å². The van der Waals surface area contributed by atoms with Crippen LogP contribution in [0.4, 0.5) is 0 Å². The monoisotopic (exact) mass is 488 g/mol. The number of aryl methyl sites for hydroxylation is 3. The van der Waals surface area contributed by atoms with Crippen LogP contribution in [0.2, 0.25) is 0 Å². The van der Waals surface area contributed by atoms with Crippen LogP contribution in [0.3, 0.4) is 0 Å². The molecule has 2 aromatic rings. The third-order valence-electron chi connectivity index (χ3n) is 4.02. The topological polar surface area (TPSA) is 58.5 Å². The number of ether oxygens (including phenoxy) is 1. The zero-order valence-electron chi connectivity index (χ0n) is 16.2. The highest BCUT2D eigenvalue weighted by atomic mass is 127. The number of rotatable bonds is 7. The molecule has 0 amide bonds. The lowest BCUT2D eigenvalue weighted by Gasteiger charge is -2.14. The van der Waals surface area contributed by atoms with Crippen LogP contribution in [-0.4, -0.2) is 31.6 Å². The summed E-state index contributed by atoms with van der Waals surface area (Å²) >= 11 is 1.79. The number of aliphatic imine (C=N–C) groups is 1. The molecule has 1 aromatic carbocycles. The second-order valence-electron chi connectivity index (χ2n) is 5.88. The Hall–Kier alpha value is -1.35. The standard InChI is InChI=1S/C19H28N4OS.HI/c1-6-16-14(3)25-18(23-16)9-10-21-19(20-4)22-12-15-8-7-13(2)11-17(15)24-5;/h7-8,11H,6,9-10,12H2,1-5H3,(H2,20,21,22);1H. The van der Waals surface area contributed by atoms with Gasteiger partial charge in [0.1, 0.15) is 5.75 Å². The van der Waals surface area contributed by atoms with Gasteiger partial charge in [-0.25, -0.2) is 4.98 Å². The van der Waals surface area contributed by atoms with Gasteiger partial charge in [-0.3, -0.25) is 4.99 Å². The molecule has 0 aliphatic carbocycles. The Morgan fingerprint density at radius 3 is 2.65 bits per heavy atom. The molecule has 0 bridgehead atoms. The molecular formula is C19H29IN4OS. The van der Waals surface area contributed by atoms with Crippen molar-refractivity contribution >= 4 is 41.3 Å². The minimum absolute atomic E-state index is 0. The van der Waals surface area contributed by atoms with Gasteiger partial charge < -0.3 is 15.4 Å². The molecule has 2 rings (SSSR count). The van der Waals surface area contributed by atoms with Crippen LogP contribution in [-0.2, 0) is 19.4 Å². The summed E-state index contributed by atoms with van der Waals surface area (Å²) < 4.78 is 5.45. The number of thiazole rings is 1. The first-order valence-corrected chi connectivity index (χ1v) is 9.42. The van der Waals surface area contributed by atoms with Crippen molar-refractivity contribution in [2.45, 2.75) is 40.2 Å². The largest absolute Gasteiger partial charge is 0.496 e. The number of methoxy groups -OCH3 is 1. The molecule has 0 saturated carbocycles. The molecule has 0 atom stereocenters. The quantitative estimate of drug-likeness (QED) is 0.353. The molecule has 0 aliphatic rings. The predicted molar refractivity (Wildman–Crippen MR) is 121 cm³/mol. The maximum atomic E-state index is 5.45. The first-order chi connectivity index (χ1) is 12.1. The maximum absolute atomic E-state index is 5.45. The minimum Gasteiger partial charge on any atom is -0.496 e. The van der Waals surface area contributed by atoms with Crippen molar-refractivity contribution in [3.8, 4) is 5.75 Å². The molecule has 1 aromatic heterocycles. The van der Waals surface area contributed by atoms with E-state index in [2.05, 4.69) is 53.5 Å². The van der Waals surface area contributed by atoms with Crippen molar-refractivity contribution < 1.29 is 4.74 Å². The van der Waals surface area contributed by atoms with E-state index in [1.807, 2.05) is 6.07 Å². The normalized spacial score (nSPS) is 11.0. The summed E-state index contributed by atoms with van der Waals surface area (Å²) in [7, 11) is 3.48. The Labute approximate surface area is 177 Å². The summed E-state index contributed by atoms with van der Waals surface area (Å²) in [5, 5.41) is 7.86. The molecule has 5 nitrogen and oxygen atoms in total. The molecule has 0 aliphatic heterocycles. The second-order valence-corrected chi connectivity index (χ2v) is 7.17. The fourth-order valence-electron chi connectivity index (χ4n) is 2.61. The van der Waals surface area contributed by atoms with E-state index in [9.17, 15) is 0 Å². The Morgan fingerprint density at radius 2 is 2.04 bits per heavy atom. The first-order valence-electron chi connectivity index (χ1n) is 8.60. The van der Waals surface area contributed by atoms with Crippen LogP contribution in [0.25, 0.3) is 0 Å². The molecule has 0 unspecified atom stereocenters. The summed E-state index contributed by atoms with van der Waals surface area (Å²) in [6.45, 7) is 7.82. The van der Waals surface area contributed by atoms with Crippen LogP contribution >= 0.6 is 35.3 Å². The van der Waals surface area contributed by atoms with Gasteiger partial charge in [-0.15, -0.1) is 35.3 Å². The first kappa shape index (κ1) is 22.7. The Bertz CT molecular complexity index is 730. The highest BCUT2D eigenvalue weighted by Crippen LogP contribution is 2.20. The molecule has 1 heterocycles. The van der Waals surface area contributed by atoms with Crippen LogP contribution in [0.5, 0.6) is 5.75 Å². The Kier molecular flexibility index (Phi) is 9.93. The van der Waals surface area contributed by atoms with Crippen molar-refractivity contribution in [1.29, 1.82) is 0 Å². The number of nitrogens with zero attached hydrogens (tertiary/aromatic N) is 2. The smallest absolute Gasteiger partial charge is 0.191 e. The number of benzene rings is 1. The van der Waals surface area contributed by atoms with Crippen LogP contribution < -0.4 is 15.4 Å². The average Bonchev–Trinajstić information content (AvgIpc) is 2.98. The summed E-state index contributed by atoms with van der Waals surface area (Å²) in [6, 6.07) is 6.22. The summed E-state index contributed by atoms with van der Waals surface area (Å²) in [5.41, 5.74) is 3.52. The van der Waals surface area contributed by atoms with Gasteiger partial charge in [-0.2, -0.15) is 0 Å². The molecule has 0 saturated heterocycles. The second kappa shape index (κ2) is 11.4. The molecule has 2 N–H and O–H groups in total. The van der Waals surface area contributed by atoms with Gasteiger partial charge in [0.25, 0.3) is 0 Å². The summed E-state index contributed by atoms with van der Waals surface area (Å²) in [4.78, 5) is 10.3. The average molecular weight is 488 g/mol. The highest BCUT2D eigenvalue weighted by Gasteiger charge is 2.07. The van der Waals surface area contributed by atoms with Crippen molar-refractivity contribution in [2.24, 2.45) is 4.99 Å². The van der Waals surface area contributed by atoms with E-state index in [0.717, 1.165) is 36.7 Å². The Balaban J connectivity index is 0.00000338. The van der Waals surface area contributed by atoms with Gasteiger partial charge in [0.15, 0.2) is 5.96 Å². The van der Waals surface area contributed by atoms with E-state index < -0.39 is 0 Å². The molecule has 0 radical (unpaired) electrons. The van der Waals surface area contributed by atoms with Crippen molar-refractivity contribution in [1.82, 2.24) is 15.6 Å². The van der Waals surface area contributed by atoms with Crippen LogP contribution in [0, 0.1) is 13.8 Å². The lowest BCUT2D eigenvalue weighted by Crippen LogP contribution is -2.37. The maximum Gasteiger partial charge on any atom is 0.191 e. The van der Waals surface area contributed by atoms with Gasteiger partial charge in [0.2, 0.25) is 0 Å². The molecular weight excluding hydrogens is 459 g/mol. The molecule has 0 fully saturated rings. The Morgan fingerprint density at radius 1 is 1.27 bits per heavy atom. The molecule has 144 valence electrons. The van der Waals surface area contributed by atoms with E-state index in [4.69, 9.17) is 4.74 Å². The van der Waals surface area contributed by atoms with Gasteiger partial charge in [0.05, 0.1) is 17.8 Å². The third-order valence-corrected chi connectivity index (χ3v) is 5.09. The number of halogens is 1. The number of hydrogen-bond acceptors (Lipinski definition) is 4. The SMILES string of the molecule is CCc1nc(CCNC(=NC)NCc2ccc(C)cc2OC)sc1C.I. The molecule has 26 heavy (non-hydrogen) atoms. The highest BCUT2D eigenvalue weighted by molar-refractivity contribution is 14.0. The fraction of sp³-hybridized carbons (Fsp3) is 0.474. The number of guanidine groups is 1. The predicted octanol–water partition coefficient (Wildman–Crippen LogP) is 3.86. The van der Waals surface area contributed by atoms with E-state index >= 15 is 0 Å². The summed E-state index contributed by atoms with van der Waals surface area (Å²) in [6.07, 6.45) is 1.90. The van der Waals surface area contributed by atoms with Gasteiger partial charge >= 0.3 is 0 Å². The number of hydrogen-bond donors (Lipinski definition) is 2. The van der Waals surface area contributed by atoms with E-state index in [0.29, 0.717) is 6.54 Å². The van der Waals surface area contributed by atoms with E-state index in [1.54, 1.807) is 25.5 Å². The zero-order chi connectivity index (χ0) is 18.2. The van der Waals surface area contributed by atoms with Gasteiger partial charge in [-0.1, -0.05) is 19.1 Å². The number of aromatic nitrogens is 1. The molecule has 0 spiro atoms. The lowest BCUT2D eigenvalue weighted by atomic mass is 10.1. The minimum atomic E-state index is 0. The van der Waals surface area contributed by atoms with Crippen LogP contribution in [0.1, 0.15) is 33.6 Å². The summed E-state index contributed by atoms with van der Waals surface area (Å²) in [5.74, 6) is 1.68. The zero-order valence-corrected chi connectivity index (χ0v) is 19.3. The van der Waals surface area contributed by atoms with Gasteiger partial charge in [-0.05, 0) is 31.9 Å². The number of nitrogens with one attached hydrogen (secondary N) is 2. The van der Waals surface area contributed by atoms with Crippen molar-refractivity contribution in [3.05, 3.63) is 44.9 Å². The lowest BCUT2D eigenvalue weighted by molar-refractivity contribution is 0.408. The molecule has 7 heteroatoms. The van der Waals surface area contributed by atoms with Gasteiger partial charge in [0, 0.05) is 37.0 Å². The van der Waals surface area contributed by atoms with Crippen molar-refractivity contribution in [3.63, 3.8) is 0 Å².